The minimum atomic E-state index is 0.769. The van der Waals surface area contributed by atoms with Crippen molar-refractivity contribution >= 4 is 11.5 Å². The molecule has 0 unspecified atom stereocenters. The number of benzene rings is 1. The van der Waals surface area contributed by atoms with E-state index in [1.54, 1.807) is 13.3 Å². The van der Waals surface area contributed by atoms with Crippen LogP contribution < -0.4 is 9.64 Å². The van der Waals surface area contributed by atoms with E-state index in [0.717, 1.165) is 55.8 Å². The number of piperazine rings is 1. The smallest absolute Gasteiger partial charge is 0.176 e. The van der Waals surface area contributed by atoms with Crippen molar-refractivity contribution in [3.8, 4) is 5.75 Å². The molecule has 7 nitrogen and oxygen atoms in total. The van der Waals surface area contributed by atoms with Gasteiger partial charge in [-0.2, -0.15) is 4.52 Å². The molecular formula is C18H22N6O. The maximum atomic E-state index is 5.31. The van der Waals surface area contributed by atoms with Gasteiger partial charge in [-0.05, 0) is 24.6 Å². The van der Waals surface area contributed by atoms with Crippen molar-refractivity contribution < 1.29 is 4.74 Å². The molecule has 2 aromatic heterocycles. The number of nitrogens with zero attached hydrogens (tertiary/aromatic N) is 6. The third-order valence-electron chi connectivity index (χ3n) is 4.57. The Morgan fingerprint density at radius 1 is 1.12 bits per heavy atom. The van der Waals surface area contributed by atoms with Gasteiger partial charge in [-0.1, -0.05) is 12.1 Å². The molecule has 130 valence electrons. The van der Waals surface area contributed by atoms with Gasteiger partial charge in [-0.3, -0.25) is 9.88 Å². The van der Waals surface area contributed by atoms with Gasteiger partial charge in [0.15, 0.2) is 11.5 Å². The molecule has 7 heteroatoms. The van der Waals surface area contributed by atoms with Crippen molar-refractivity contribution in [1.29, 1.82) is 0 Å². The quantitative estimate of drug-likeness (QED) is 0.722. The minimum Gasteiger partial charge on any atom is -0.497 e. The highest BCUT2D eigenvalue weighted by Crippen LogP contribution is 2.19. The Balaban J connectivity index is 1.44. The normalized spacial score (nSPS) is 15.7. The van der Waals surface area contributed by atoms with Crippen LogP contribution in [0.25, 0.3) is 5.65 Å². The molecule has 0 bridgehead atoms. The van der Waals surface area contributed by atoms with Crippen LogP contribution >= 0.6 is 0 Å². The minimum absolute atomic E-state index is 0.769. The summed E-state index contributed by atoms with van der Waals surface area (Å²) in [6, 6.07) is 8.28. The number of methoxy groups -OCH3 is 1. The molecule has 0 radical (unpaired) electrons. The van der Waals surface area contributed by atoms with Gasteiger partial charge in [0.2, 0.25) is 0 Å². The number of aryl methyl sites for hydroxylation is 1. The molecule has 0 spiro atoms. The van der Waals surface area contributed by atoms with E-state index in [4.69, 9.17) is 4.74 Å². The number of anilines is 1. The standard InChI is InChI=1S/C18H22N6O/c1-14-20-17-11-19-12-18(24(17)21-14)23-8-6-22(7-9-23)13-15-4-3-5-16(10-15)25-2/h3-5,10-12H,6-9,13H2,1-2H3. The van der Waals surface area contributed by atoms with Gasteiger partial charge >= 0.3 is 0 Å². The molecule has 25 heavy (non-hydrogen) atoms. The lowest BCUT2D eigenvalue weighted by Gasteiger charge is -2.35. The highest BCUT2D eigenvalue weighted by atomic mass is 16.5. The van der Waals surface area contributed by atoms with Crippen LogP contribution in [0.3, 0.4) is 0 Å². The fraction of sp³-hybridized carbons (Fsp3) is 0.389. The Morgan fingerprint density at radius 3 is 2.76 bits per heavy atom. The summed E-state index contributed by atoms with van der Waals surface area (Å²) in [5.41, 5.74) is 2.08. The van der Waals surface area contributed by atoms with E-state index < -0.39 is 0 Å². The highest BCUT2D eigenvalue weighted by Gasteiger charge is 2.20. The van der Waals surface area contributed by atoms with Crippen molar-refractivity contribution in [2.24, 2.45) is 0 Å². The van der Waals surface area contributed by atoms with Gasteiger partial charge in [0.1, 0.15) is 11.6 Å². The van der Waals surface area contributed by atoms with Crippen LogP contribution in [0.4, 0.5) is 5.82 Å². The van der Waals surface area contributed by atoms with Crippen LogP contribution in [-0.4, -0.2) is 57.8 Å². The Labute approximate surface area is 146 Å². The van der Waals surface area contributed by atoms with Crippen LogP contribution in [0.1, 0.15) is 11.4 Å². The molecule has 1 fully saturated rings. The fourth-order valence-corrected chi connectivity index (χ4v) is 3.29. The van der Waals surface area contributed by atoms with Gasteiger partial charge in [0.25, 0.3) is 0 Å². The van der Waals surface area contributed by atoms with Gasteiger partial charge in [-0.25, -0.2) is 4.98 Å². The lowest BCUT2D eigenvalue weighted by atomic mass is 10.2. The van der Waals surface area contributed by atoms with Crippen LogP contribution in [0.15, 0.2) is 36.7 Å². The second-order valence-corrected chi connectivity index (χ2v) is 6.31. The van der Waals surface area contributed by atoms with E-state index in [9.17, 15) is 0 Å². The molecule has 1 aliphatic heterocycles. The Morgan fingerprint density at radius 2 is 1.96 bits per heavy atom. The van der Waals surface area contributed by atoms with E-state index in [1.165, 1.54) is 5.56 Å². The molecule has 3 heterocycles. The molecule has 0 amide bonds. The predicted molar refractivity (Wildman–Crippen MR) is 96.0 cm³/mol. The maximum absolute atomic E-state index is 5.31. The molecule has 1 aliphatic rings. The first-order chi connectivity index (χ1) is 12.2. The third kappa shape index (κ3) is 3.28. The second kappa shape index (κ2) is 6.68. The summed E-state index contributed by atoms with van der Waals surface area (Å²) in [6.45, 7) is 6.74. The van der Waals surface area contributed by atoms with Crippen molar-refractivity contribution in [2.75, 3.05) is 38.2 Å². The maximum Gasteiger partial charge on any atom is 0.176 e. The Hall–Kier alpha value is -2.67. The van der Waals surface area contributed by atoms with E-state index in [2.05, 4.69) is 37.0 Å². The number of hydrogen-bond donors (Lipinski definition) is 0. The first-order valence-electron chi connectivity index (χ1n) is 8.50. The van der Waals surface area contributed by atoms with Gasteiger partial charge in [0, 0.05) is 32.7 Å². The van der Waals surface area contributed by atoms with Gasteiger partial charge in [-0.15, -0.1) is 5.10 Å². The van der Waals surface area contributed by atoms with Crippen molar-refractivity contribution in [2.45, 2.75) is 13.5 Å². The molecule has 0 N–H and O–H groups in total. The molecule has 3 aromatic rings. The summed E-state index contributed by atoms with van der Waals surface area (Å²) >= 11 is 0. The summed E-state index contributed by atoms with van der Waals surface area (Å²) in [6.07, 6.45) is 3.63. The molecule has 4 rings (SSSR count). The lowest BCUT2D eigenvalue weighted by Crippen LogP contribution is -2.46. The number of aromatic nitrogens is 4. The van der Waals surface area contributed by atoms with Crippen LogP contribution in [-0.2, 0) is 6.54 Å². The van der Waals surface area contributed by atoms with Gasteiger partial charge < -0.3 is 9.64 Å². The molecular weight excluding hydrogens is 316 g/mol. The van der Waals surface area contributed by atoms with Crippen LogP contribution in [0.2, 0.25) is 0 Å². The third-order valence-corrected chi connectivity index (χ3v) is 4.57. The number of hydrogen-bond acceptors (Lipinski definition) is 6. The van der Waals surface area contributed by atoms with E-state index in [1.807, 2.05) is 29.8 Å². The summed E-state index contributed by atoms with van der Waals surface area (Å²) < 4.78 is 7.20. The number of ether oxygens (including phenoxy) is 1. The molecule has 0 atom stereocenters. The SMILES string of the molecule is COc1cccc(CN2CCN(c3cncc4nc(C)nn34)CC2)c1. The van der Waals surface area contributed by atoms with Crippen molar-refractivity contribution in [1.82, 2.24) is 24.5 Å². The molecule has 1 saturated heterocycles. The zero-order valence-electron chi connectivity index (χ0n) is 14.6. The van der Waals surface area contributed by atoms with E-state index in [-0.39, 0.29) is 0 Å². The monoisotopic (exact) mass is 338 g/mol. The fourth-order valence-electron chi connectivity index (χ4n) is 3.29. The van der Waals surface area contributed by atoms with Crippen LogP contribution in [0.5, 0.6) is 5.75 Å². The van der Waals surface area contributed by atoms with Crippen molar-refractivity contribution in [3.63, 3.8) is 0 Å². The zero-order valence-corrected chi connectivity index (χ0v) is 14.6. The molecule has 0 saturated carbocycles. The first kappa shape index (κ1) is 15.8. The average Bonchev–Trinajstić information content (AvgIpc) is 3.03. The molecule has 1 aromatic carbocycles. The van der Waals surface area contributed by atoms with E-state index in [0.29, 0.717) is 0 Å². The van der Waals surface area contributed by atoms with Gasteiger partial charge in [0.05, 0.1) is 19.5 Å². The zero-order chi connectivity index (χ0) is 17.2. The Kier molecular flexibility index (Phi) is 4.23. The molecule has 0 aliphatic carbocycles. The summed E-state index contributed by atoms with van der Waals surface area (Å²) in [5, 5.41) is 4.49. The first-order valence-corrected chi connectivity index (χ1v) is 8.50. The highest BCUT2D eigenvalue weighted by molar-refractivity contribution is 5.47. The van der Waals surface area contributed by atoms with Crippen molar-refractivity contribution in [3.05, 3.63) is 48.0 Å². The summed E-state index contributed by atoms with van der Waals surface area (Å²) in [4.78, 5) is 13.5. The number of fused-ring (bicyclic) bond motifs is 1. The lowest BCUT2D eigenvalue weighted by molar-refractivity contribution is 0.248. The topological polar surface area (TPSA) is 58.8 Å². The second-order valence-electron chi connectivity index (χ2n) is 6.31. The Bertz CT molecular complexity index is 869. The van der Waals surface area contributed by atoms with Crippen LogP contribution in [0, 0.1) is 6.92 Å². The largest absolute Gasteiger partial charge is 0.497 e. The average molecular weight is 338 g/mol. The summed E-state index contributed by atoms with van der Waals surface area (Å²) in [5.74, 6) is 2.69. The number of rotatable bonds is 4. The summed E-state index contributed by atoms with van der Waals surface area (Å²) in [7, 11) is 1.71. The predicted octanol–water partition coefficient (Wildman–Crippen LogP) is 1.76. The van der Waals surface area contributed by atoms with E-state index >= 15 is 0 Å².